The molecular formula is C17H16N2O2S. The Morgan fingerprint density at radius 3 is 2.82 bits per heavy atom. The molecule has 0 saturated heterocycles. The standard InChI is InChI=1S/C17H16N2O2S/c1-12-5-3-8-15(9-12)22-11-16-18-17(19-21-16)13-6-4-7-14(10-13)20-2/h3-10H,11H2,1-2H3. The molecular weight excluding hydrogens is 296 g/mol. The first kappa shape index (κ1) is 14.7. The summed E-state index contributed by atoms with van der Waals surface area (Å²) >= 11 is 1.68. The van der Waals surface area contributed by atoms with Crippen molar-refractivity contribution in [3.8, 4) is 17.1 Å². The second kappa shape index (κ2) is 6.66. The third-order valence-corrected chi connectivity index (χ3v) is 4.13. The third kappa shape index (κ3) is 3.49. The lowest BCUT2D eigenvalue weighted by atomic mass is 10.2. The maximum Gasteiger partial charge on any atom is 0.237 e. The number of aryl methyl sites for hydroxylation is 1. The van der Waals surface area contributed by atoms with Crippen molar-refractivity contribution in [2.75, 3.05) is 7.11 Å². The summed E-state index contributed by atoms with van der Waals surface area (Å²) in [5.41, 5.74) is 2.13. The zero-order valence-electron chi connectivity index (χ0n) is 12.4. The van der Waals surface area contributed by atoms with Crippen LogP contribution in [0.25, 0.3) is 11.4 Å². The minimum Gasteiger partial charge on any atom is -0.497 e. The Morgan fingerprint density at radius 2 is 2.00 bits per heavy atom. The molecule has 112 valence electrons. The van der Waals surface area contributed by atoms with Crippen LogP contribution in [0.2, 0.25) is 0 Å². The maximum absolute atomic E-state index is 5.32. The smallest absolute Gasteiger partial charge is 0.237 e. The molecule has 0 fully saturated rings. The number of aromatic nitrogens is 2. The van der Waals surface area contributed by atoms with Gasteiger partial charge in [0.25, 0.3) is 0 Å². The first-order chi connectivity index (χ1) is 10.7. The Balaban J connectivity index is 1.71. The largest absolute Gasteiger partial charge is 0.497 e. The summed E-state index contributed by atoms with van der Waals surface area (Å²) in [5, 5.41) is 4.04. The molecule has 0 aliphatic heterocycles. The Hall–Kier alpha value is -2.27. The van der Waals surface area contributed by atoms with Gasteiger partial charge in [-0.25, -0.2) is 0 Å². The van der Waals surface area contributed by atoms with Crippen LogP contribution in [0.5, 0.6) is 5.75 Å². The van der Waals surface area contributed by atoms with E-state index in [0.717, 1.165) is 11.3 Å². The Kier molecular flexibility index (Phi) is 4.44. The van der Waals surface area contributed by atoms with Gasteiger partial charge in [0, 0.05) is 10.5 Å². The van der Waals surface area contributed by atoms with E-state index >= 15 is 0 Å². The van der Waals surface area contributed by atoms with Gasteiger partial charge in [-0.2, -0.15) is 4.98 Å². The van der Waals surface area contributed by atoms with Gasteiger partial charge >= 0.3 is 0 Å². The molecule has 0 N–H and O–H groups in total. The molecule has 0 bridgehead atoms. The van der Waals surface area contributed by atoms with Crippen molar-refractivity contribution in [1.82, 2.24) is 10.1 Å². The van der Waals surface area contributed by atoms with Gasteiger partial charge in [0.15, 0.2) is 0 Å². The van der Waals surface area contributed by atoms with E-state index in [9.17, 15) is 0 Å². The average Bonchev–Trinajstić information content (AvgIpc) is 3.02. The van der Waals surface area contributed by atoms with Crippen LogP contribution in [0.4, 0.5) is 0 Å². The summed E-state index contributed by atoms with van der Waals surface area (Å²) in [7, 11) is 1.64. The van der Waals surface area contributed by atoms with E-state index < -0.39 is 0 Å². The number of hydrogen-bond donors (Lipinski definition) is 0. The second-order valence-electron chi connectivity index (χ2n) is 4.85. The number of ether oxygens (including phenoxy) is 1. The van der Waals surface area contributed by atoms with Crippen LogP contribution >= 0.6 is 11.8 Å². The molecule has 0 aliphatic rings. The van der Waals surface area contributed by atoms with Crippen LogP contribution in [0, 0.1) is 6.92 Å². The van der Waals surface area contributed by atoms with Crippen LogP contribution < -0.4 is 4.74 Å². The Bertz CT molecular complexity index is 771. The van der Waals surface area contributed by atoms with Gasteiger partial charge < -0.3 is 9.26 Å². The topological polar surface area (TPSA) is 48.2 Å². The van der Waals surface area contributed by atoms with E-state index in [-0.39, 0.29) is 0 Å². The van der Waals surface area contributed by atoms with E-state index in [1.165, 1.54) is 10.5 Å². The summed E-state index contributed by atoms with van der Waals surface area (Å²) in [4.78, 5) is 5.63. The zero-order valence-corrected chi connectivity index (χ0v) is 13.3. The average molecular weight is 312 g/mol. The highest BCUT2D eigenvalue weighted by molar-refractivity contribution is 7.98. The van der Waals surface area contributed by atoms with Gasteiger partial charge in [-0.1, -0.05) is 35.0 Å². The molecule has 3 rings (SSSR count). The molecule has 1 aromatic heterocycles. The van der Waals surface area contributed by atoms with E-state index in [4.69, 9.17) is 9.26 Å². The highest BCUT2D eigenvalue weighted by Crippen LogP contribution is 2.25. The molecule has 0 saturated carbocycles. The second-order valence-corrected chi connectivity index (χ2v) is 5.90. The lowest BCUT2D eigenvalue weighted by molar-refractivity contribution is 0.391. The van der Waals surface area contributed by atoms with Crippen molar-refractivity contribution in [1.29, 1.82) is 0 Å². The molecule has 0 atom stereocenters. The third-order valence-electron chi connectivity index (χ3n) is 3.15. The van der Waals surface area contributed by atoms with E-state index in [0.29, 0.717) is 17.5 Å². The number of rotatable bonds is 5. The van der Waals surface area contributed by atoms with Crippen molar-refractivity contribution >= 4 is 11.8 Å². The number of nitrogens with zero attached hydrogens (tertiary/aromatic N) is 2. The normalized spacial score (nSPS) is 10.6. The fourth-order valence-electron chi connectivity index (χ4n) is 2.04. The Morgan fingerprint density at radius 1 is 1.14 bits per heavy atom. The molecule has 0 spiro atoms. The first-order valence-corrected chi connectivity index (χ1v) is 7.89. The van der Waals surface area contributed by atoms with E-state index in [1.807, 2.05) is 30.3 Å². The van der Waals surface area contributed by atoms with Crippen molar-refractivity contribution in [2.45, 2.75) is 17.6 Å². The van der Waals surface area contributed by atoms with Crippen LogP contribution in [-0.4, -0.2) is 17.3 Å². The molecule has 0 radical (unpaired) electrons. The lowest BCUT2D eigenvalue weighted by Gasteiger charge is -2.00. The summed E-state index contributed by atoms with van der Waals surface area (Å²) in [5.74, 6) is 2.63. The number of benzene rings is 2. The fourth-order valence-corrected chi connectivity index (χ4v) is 2.89. The fraction of sp³-hybridized carbons (Fsp3) is 0.176. The van der Waals surface area contributed by atoms with Gasteiger partial charge in [-0.05, 0) is 31.2 Å². The highest BCUT2D eigenvalue weighted by atomic mass is 32.2. The molecule has 3 aromatic rings. The van der Waals surface area contributed by atoms with E-state index in [1.54, 1.807) is 18.9 Å². The highest BCUT2D eigenvalue weighted by Gasteiger charge is 2.09. The monoisotopic (exact) mass is 312 g/mol. The SMILES string of the molecule is COc1cccc(-c2noc(CSc3cccc(C)c3)n2)c1. The molecule has 0 aliphatic carbocycles. The molecule has 2 aromatic carbocycles. The van der Waals surface area contributed by atoms with Gasteiger partial charge in [0.2, 0.25) is 11.7 Å². The van der Waals surface area contributed by atoms with Crippen molar-refractivity contribution in [3.05, 3.63) is 60.0 Å². The minimum atomic E-state index is 0.582. The lowest BCUT2D eigenvalue weighted by Crippen LogP contribution is -1.86. The Labute approximate surface area is 133 Å². The van der Waals surface area contributed by atoms with Gasteiger partial charge in [-0.15, -0.1) is 11.8 Å². The van der Waals surface area contributed by atoms with E-state index in [2.05, 4.69) is 35.3 Å². The van der Waals surface area contributed by atoms with Crippen LogP contribution in [0.1, 0.15) is 11.5 Å². The predicted octanol–water partition coefficient (Wildman–Crippen LogP) is 4.35. The number of thioether (sulfide) groups is 1. The zero-order chi connectivity index (χ0) is 15.4. The van der Waals surface area contributed by atoms with Gasteiger partial charge in [0.1, 0.15) is 5.75 Å². The molecule has 1 heterocycles. The van der Waals surface area contributed by atoms with Gasteiger partial charge in [0.05, 0.1) is 12.9 Å². The molecule has 4 nitrogen and oxygen atoms in total. The summed E-state index contributed by atoms with van der Waals surface area (Å²) < 4.78 is 10.5. The molecule has 5 heteroatoms. The molecule has 22 heavy (non-hydrogen) atoms. The number of hydrogen-bond acceptors (Lipinski definition) is 5. The molecule has 0 unspecified atom stereocenters. The maximum atomic E-state index is 5.32. The van der Waals surface area contributed by atoms with Crippen molar-refractivity contribution < 1.29 is 9.26 Å². The van der Waals surface area contributed by atoms with Gasteiger partial charge in [-0.3, -0.25) is 0 Å². The van der Waals surface area contributed by atoms with Crippen LogP contribution in [-0.2, 0) is 5.75 Å². The molecule has 0 amide bonds. The summed E-state index contributed by atoms with van der Waals surface area (Å²) in [6, 6.07) is 16.0. The number of methoxy groups -OCH3 is 1. The van der Waals surface area contributed by atoms with Crippen molar-refractivity contribution in [2.24, 2.45) is 0 Å². The van der Waals surface area contributed by atoms with Crippen LogP contribution in [0.3, 0.4) is 0 Å². The quantitative estimate of drug-likeness (QED) is 0.656. The first-order valence-electron chi connectivity index (χ1n) is 6.91. The minimum absolute atomic E-state index is 0.582. The summed E-state index contributed by atoms with van der Waals surface area (Å²) in [6.07, 6.45) is 0. The van der Waals surface area contributed by atoms with Crippen molar-refractivity contribution in [3.63, 3.8) is 0 Å². The van der Waals surface area contributed by atoms with Crippen LogP contribution in [0.15, 0.2) is 57.9 Å². The summed E-state index contributed by atoms with van der Waals surface area (Å²) in [6.45, 7) is 2.08. The predicted molar refractivity (Wildman–Crippen MR) is 87.0 cm³/mol.